The Morgan fingerprint density at radius 2 is 1.96 bits per heavy atom. The second-order valence-corrected chi connectivity index (χ2v) is 5.62. The average Bonchev–Trinajstić information content (AvgIpc) is 3.17. The highest BCUT2D eigenvalue weighted by molar-refractivity contribution is 6.00. The van der Waals surface area contributed by atoms with Gasteiger partial charge in [0.05, 0.1) is 32.0 Å². The molecule has 1 heterocycles. The summed E-state index contributed by atoms with van der Waals surface area (Å²) in [5.41, 5.74) is 2.35. The lowest BCUT2D eigenvalue weighted by Gasteiger charge is -2.10. The molecule has 0 unspecified atom stereocenters. The highest BCUT2D eigenvalue weighted by atomic mass is 16.5. The molecular weight excluding hydrogens is 342 g/mol. The molecular formula is C21H19N3O3. The van der Waals surface area contributed by atoms with E-state index in [2.05, 4.69) is 16.3 Å². The van der Waals surface area contributed by atoms with E-state index in [0.717, 1.165) is 5.69 Å². The van der Waals surface area contributed by atoms with Gasteiger partial charge in [-0.05, 0) is 30.3 Å². The molecule has 1 aromatic heterocycles. The number of amides is 1. The Hall–Kier alpha value is -3.72. The van der Waals surface area contributed by atoms with E-state index in [0.29, 0.717) is 28.3 Å². The molecule has 0 fully saturated rings. The number of aromatic nitrogens is 2. The van der Waals surface area contributed by atoms with Gasteiger partial charge in [-0.2, -0.15) is 5.10 Å². The molecule has 3 aromatic rings. The largest absolute Gasteiger partial charge is 0.497 e. The molecule has 0 saturated heterocycles. The summed E-state index contributed by atoms with van der Waals surface area (Å²) < 4.78 is 12.4. The van der Waals surface area contributed by atoms with Crippen LogP contribution in [0.5, 0.6) is 11.5 Å². The van der Waals surface area contributed by atoms with Crippen LogP contribution < -0.4 is 14.8 Å². The number of benzene rings is 2. The first-order valence-corrected chi connectivity index (χ1v) is 8.27. The molecule has 27 heavy (non-hydrogen) atoms. The molecule has 0 atom stereocenters. The number of hydrogen-bond acceptors (Lipinski definition) is 4. The molecule has 0 radical (unpaired) electrons. The molecule has 1 amide bonds. The van der Waals surface area contributed by atoms with E-state index in [1.54, 1.807) is 43.3 Å². The van der Waals surface area contributed by atoms with Crippen LogP contribution in [0.2, 0.25) is 0 Å². The predicted octanol–water partition coefficient (Wildman–Crippen LogP) is 2.92. The molecule has 3 rings (SSSR count). The summed E-state index contributed by atoms with van der Waals surface area (Å²) in [6, 6.07) is 14.9. The lowest BCUT2D eigenvalue weighted by atomic mass is 10.1. The van der Waals surface area contributed by atoms with Gasteiger partial charge in [-0.15, -0.1) is 6.42 Å². The predicted molar refractivity (Wildman–Crippen MR) is 103 cm³/mol. The lowest BCUT2D eigenvalue weighted by molar-refractivity contribution is 0.0959. The number of carbonyl (C=O) groups excluding carboxylic acids is 1. The van der Waals surface area contributed by atoms with Gasteiger partial charge in [0.15, 0.2) is 0 Å². The minimum Gasteiger partial charge on any atom is -0.497 e. The second kappa shape index (κ2) is 8.11. The van der Waals surface area contributed by atoms with Crippen LogP contribution in [0.15, 0.2) is 54.7 Å². The van der Waals surface area contributed by atoms with E-state index in [1.165, 1.54) is 0 Å². The maximum Gasteiger partial charge on any atom is 0.255 e. The van der Waals surface area contributed by atoms with E-state index in [9.17, 15) is 4.79 Å². The summed E-state index contributed by atoms with van der Waals surface area (Å²) >= 11 is 0. The Balaban J connectivity index is 2.17. The maximum absolute atomic E-state index is 12.7. The fraction of sp³-hybridized carbons (Fsp3) is 0.143. The van der Waals surface area contributed by atoms with Crippen molar-refractivity contribution in [3.8, 4) is 40.8 Å². The number of methoxy groups -OCH3 is 2. The molecule has 6 heteroatoms. The zero-order valence-corrected chi connectivity index (χ0v) is 15.1. The number of terminal acetylenes is 1. The quantitative estimate of drug-likeness (QED) is 0.686. The Morgan fingerprint density at radius 3 is 2.63 bits per heavy atom. The molecule has 0 saturated carbocycles. The van der Waals surface area contributed by atoms with Crippen molar-refractivity contribution in [2.45, 2.75) is 0 Å². The van der Waals surface area contributed by atoms with E-state index >= 15 is 0 Å². The summed E-state index contributed by atoms with van der Waals surface area (Å²) in [7, 11) is 3.15. The van der Waals surface area contributed by atoms with Crippen LogP contribution in [-0.4, -0.2) is 36.5 Å². The number of hydrogen-bond donors (Lipinski definition) is 1. The molecule has 1 N–H and O–H groups in total. The van der Waals surface area contributed by atoms with E-state index in [4.69, 9.17) is 15.9 Å². The molecule has 0 aliphatic heterocycles. The van der Waals surface area contributed by atoms with Crippen LogP contribution in [0.1, 0.15) is 10.4 Å². The smallest absolute Gasteiger partial charge is 0.255 e. The molecule has 136 valence electrons. The molecule has 0 bridgehead atoms. The van der Waals surface area contributed by atoms with Crippen LogP contribution in [0, 0.1) is 12.3 Å². The van der Waals surface area contributed by atoms with Crippen molar-refractivity contribution in [3.63, 3.8) is 0 Å². The molecule has 2 aromatic carbocycles. The third kappa shape index (κ3) is 3.77. The van der Waals surface area contributed by atoms with Crippen molar-refractivity contribution in [3.05, 3.63) is 60.3 Å². The highest BCUT2D eigenvalue weighted by Crippen LogP contribution is 2.35. The van der Waals surface area contributed by atoms with Gasteiger partial charge in [0.1, 0.15) is 17.2 Å². The van der Waals surface area contributed by atoms with E-state index < -0.39 is 0 Å². The Morgan fingerprint density at radius 1 is 1.19 bits per heavy atom. The number of carbonyl (C=O) groups is 1. The van der Waals surface area contributed by atoms with Crippen molar-refractivity contribution >= 4 is 5.91 Å². The van der Waals surface area contributed by atoms with Crippen LogP contribution in [0.3, 0.4) is 0 Å². The summed E-state index contributed by atoms with van der Waals surface area (Å²) in [4.78, 5) is 12.7. The zero-order chi connectivity index (χ0) is 19.2. The second-order valence-electron chi connectivity index (χ2n) is 5.62. The summed E-state index contributed by atoms with van der Waals surface area (Å²) in [5, 5.41) is 7.32. The summed E-state index contributed by atoms with van der Waals surface area (Å²) in [6.07, 6.45) is 6.94. The van der Waals surface area contributed by atoms with Gasteiger partial charge in [-0.25, -0.2) is 4.68 Å². The van der Waals surface area contributed by atoms with Crippen molar-refractivity contribution in [1.29, 1.82) is 0 Å². The van der Waals surface area contributed by atoms with E-state index in [-0.39, 0.29) is 12.5 Å². The summed E-state index contributed by atoms with van der Waals surface area (Å²) in [5.74, 6) is 3.31. The maximum atomic E-state index is 12.7. The number of rotatable bonds is 6. The topological polar surface area (TPSA) is 65.4 Å². The lowest BCUT2D eigenvalue weighted by Crippen LogP contribution is -2.23. The highest BCUT2D eigenvalue weighted by Gasteiger charge is 2.21. The van der Waals surface area contributed by atoms with Gasteiger partial charge < -0.3 is 14.8 Å². The van der Waals surface area contributed by atoms with Gasteiger partial charge in [-0.1, -0.05) is 24.1 Å². The Kier molecular flexibility index (Phi) is 5.43. The van der Waals surface area contributed by atoms with Crippen molar-refractivity contribution in [1.82, 2.24) is 15.1 Å². The first-order chi connectivity index (χ1) is 13.2. The molecule has 0 spiro atoms. The minimum atomic E-state index is -0.310. The van der Waals surface area contributed by atoms with Crippen molar-refractivity contribution in [2.24, 2.45) is 0 Å². The van der Waals surface area contributed by atoms with Gasteiger partial charge in [0, 0.05) is 11.8 Å². The standard InChI is InChI=1S/C21H19N3O3/c1-4-12-22-21(25)18-14-24(15-8-6-5-7-9-15)23-20(18)17-13-16(26-2)10-11-19(17)27-3/h1,5-11,13-14H,12H2,2-3H3,(H,22,25). The van der Waals surface area contributed by atoms with Gasteiger partial charge >= 0.3 is 0 Å². The first-order valence-electron chi connectivity index (χ1n) is 8.27. The molecule has 0 aliphatic carbocycles. The monoisotopic (exact) mass is 361 g/mol. The van der Waals surface area contributed by atoms with Gasteiger partial charge in [0.25, 0.3) is 5.91 Å². The molecule has 0 aliphatic rings. The van der Waals surface area contributed by atoms with Crippen LogP contribution >= 0.6 is 0 Å². The van der Waals surface area contributed by atoms with Crippen molar-refractivity contribution < 1.29 is 14.3 Å². The fourth-order valence-corrected chi connectivity index (χ4v) is 2.68. The zero-order valence-electron chi connectivity index (χ0n) is 15.1. The normalized spacial score (nSPS) is 10.1. The SMILES string of the molecule is C#CCNC(=O)c1cn(-c2ccccc2)nc1-c1cc(OC)ccc1OC. The number of para-hydroxylation sites is 1. The number of nitrogens with one attached hydrogen (secondary N) is 1. The number of nitrogens with zero attached hydrogens (tertiary/aromatic N) is 2. The van der Waals surface area contributed by atoms with Crippen LogP contribution in [-0.2, 0) is 0 Å². The first kappa shape index (κ1) is 18.1. The van der Waals surface area contributed by atoms with Gasteiger partial charge in [-0.3, -0.25) is 4.79 Å². The molecule has 6 nitrogen and oxygen atoms in total. The minimum absolute atomic E-state index is 0.129. The van der Waals surface area contributed by atoms with Gasteiger partial charge in [0.2, 0.25) is 0 Å². The summed E-state index contributed by atoms with van der Waals surface area (Å²) in [6.45, 7) is 0.129. The average molecular weight is 361 g/mol. The van der Waals surface area contributed by atoms with E-state index in [1.807, 2.05) is 30.3 Å². The third-order valence-electron chi connectivity index (χ3n) is 3.99. The Labute approximate surface area is 157 Å². The Bertz CT molecular complexity index is 988. The van der Waals surface area contributed by atoms with Crippen LogP contribution in [0.25, 0.3) is 16.9 Å². The van der Waals surface area contributed by atoms with Crippen LogP contribution in [0.4, 0.5) is 0 Å². The third-order valence-corrected chi connectivity index (χ3v) is 3.99. The van der Waals surface area contributed by atoms with Crippen molar-refractivity contribution in [2.75, 3.05) is 20.8 Å². The number of ether oxygens (including phenoxy) is 2. The fourth-order valence-electron chi connectivity index (χ4n) is 2.68.